The molecule has 0 aliphatic carbocycles. The highest BCUT2D eigenvalue weighted by atomic mass is 32.2. The van der Waals surface area contributed by atoms with E-state index in [9.17, 15) is 14.9 Å². The summed E-state index contributed by atoms with van der Waals surface area (Å²) in [5.41, 5.74) is 0.439. The van der Waals surface area contributed by atoms with E-state index in [2.05, 4.69) is 9.36 Å². The summed E-state index contributed by atoms with van der Waals surface area (Å²) in [6.07, 6.45) is 0.771. The average molecular weight is 309 g/mol. The highest BCUT2D eigenvalue weighted by molar-refractivity contribution is 8.01. The smallest absolute Gasteiger partial charge is 0.269 e. The van der Waals surface area contributed by atoms with Crippen LogP contribution in [0.15, 0.2) is 28.6 Å². The van der Waals surface area contributed by atoms with Crippen molar-refractivity contribution >= 4 is 34.8 Å². The molecule has 104 valence electrons. The summed E-state index contributed by atoms with van der Waals surface area (Å²) in [6.45, 7) is 1.97. The summed E-state index contributed by atoms with van der Waals surface area (Å²) in [7, 11) is 0. The molecular weight excluding hydrogens is 298 g/mol. The van der Waals surface area contributed by atoms with Crippen LogP contribution in [0, 0.1) is 10.1 Å². The number of carbonyl (C=O) groups excluding carboxylic acids is 1. The number of nitro benzene ring substituents is 1. The van der Waals surface area contributed by atoms with Crippen molar-refractivity contribution < 1.29 is 9.72 Å². The number of hydrogen-bond acceptors (Lipinski definition) is 7. The van der Waals surface area contributed by atoms with Crippen molar-refractivity contribution in [1.82, 2.24) is 9.36 Å². The number of aryl methyl sites for hydroxylation is 1. The second-order valence-corrected chi connectivity index (χ2v) is 5.82. The van der Waals surface area contributed by atoms with Crippen LogP contribution in [0.1, 0.15) is 23.1 Å². The van der Waals surface area contributed by atoms with Gasteiger partial charge in [-0.25, -0.2) is 4.98 Å². The third-order valence-electron chi connectivity index (χ3n) is 2.49. The SMILES string of the molecule is CCc1nsc(SCC(=O)c2ccc([N+](=O)[O-])cc2)n1. The number of carbonyl (C=O) groups is 1. The normalized spacial score (nSPS) is 10.4. The molecule has 0 saturated carbocycles. The summed E-state index contributed by atoms with van der Waals surface area (Å²) >= 11 is 2.61. The van der Waals surface area contributed by atoms with Gasteiger partial charge in [-0.3, -0.25) is 14.9 Å². The fraction of sp³-hybridized carbons (Fsp3) is 0.250. The Labute approximate surface area is 123 Å². The van der Waals surface area contributed by atoms with Crippen LogP contribution in [-0.4, -0.2) is 25.8 Å². The van der Waals surface area contributed by atoms with Gasteiger partial charge in [0, 0.05) is 24.1 Å². The first kappa shape index (κ1) is 14.6. The molecular formula is C12H11N3O3S2. The van der Waals surface area contributed by atoms with E-state index >= 15 is 0 Å². The van der Waals surface area contributed by atoms with Crippen LogP contribution in [0.3, 0.4) is 0 Å². The minimum absolute atomic E-state index is 0.0223. The predicted octanol–water partition coefficient (Wildman–Crippen LogP) is 2.98. The number of nitro groups is 1. The first-order valence-corrected chi connectivity index (χ1v) is 7.59. The standard InChI is InChI=1S/C12H11N3O3S2/c1-2-11-13-12(20-14-11)19-7-10(16)8-3-5-9(6-4-8)15(17)18/h3-6H,2,7H2,1H3. The van der Waals surface area contributed by atoms with E-state index in [1.54, 1.807) is 0 Å². The first-order chi connectivity index (χ1) is 9.60. The molecule has 0 N–H and O–H groups in total. The van der Waals surface area contributed by atoms with Crippen molar-refractivity contribution in [2.45, 2.75) is 17.7 Å². The fourth-order valence-electron chi connectivity index (χ4n) is 1.42. The quantitative estimate of drug-likeness (QED) is 0.353. The molecule has 0 spiro atoms. The van der Waals surface area contributed by atoms with Gasteiger partial charge in [0.15, 0.2) is 10.1 Å². The molecule has 0 aliphatic rings. The van der Waals surface area contributed by atoms with E-state index in [4.69, 9.17) is 0 Å². The minimum atomic E-state index is -0.490. The molecule has 0 fully saturated rings. The molecule has 0 radical (unpaired) electrons. The first-order valence-electron chi connectivity index (χ1n) is 5.83. The number of thioether (sulfide) groups is 1. The molecule has 8 heteroatoms. The van der Waals surface area contributed by atoms with Crippen LogP contribution in [0.25, 0.3) is 0 Å². The maximum atomic E-state index is 11.9. The van der Waals surface area contributed by atoms with Crippen LogP contribution in [0.5, 0.6) is 0 Å². The van der Waals surface area contributed by atoms with E-state index in [-0.39, 0.29) is 17.2 Å². The monoisotopic (exact) mass is 309 g/mol. The van der Waals surface area contributed by atoms with E-state index in [0.29, 0.717) is 5.56 Å². The Kier molecular flexibility index (Phi) is 4.80. The van der Waals surface area contributed by atoms with Crippen molar-refractivity contribution in [2.24, 2.45) is 0 Å². The minimum Gasteiger partial charge on any atom is -0.293 e. The van der Waals surface area contributed by atoms with Gasteiger partial charge in [0.05, 0.1) is 10.7 Å². The Morgan fingerprint density at radius 1 is 1.40 bits per heavy atom. The van der Waals surface area contributed by atoms with E-state index in [1.807, 2.05) is 6.92 Å². The number of non-ortho nitro benzene ring substituents is 1. The van der Waals surface area contributed by atoms with Crippen molar-refractivity contribution in [3.63, 3.8) is 0 Å². The van der Waals surface area contributed by atoms with E-state index in [1.165, 1.54) is 47.6 Å². The number of nitrogens with zero attached hydrogens (tertiary/aromatic N) is 3. The Morgan fingerprint density at radius 3 is 2.65 bits per heavy atom. The highest BCUT2D eigenvalue weighted by Gasteiger charge is 2.11. The third kappa shape index (κ3) is 3.61. The zero-order chi connectivity index (χ0) is 14.5. The molecule has 1 aromatic heterocycles. The van der Waals surface area contributed by atoms with Crippen LogP contribution >= 0.6 is 23.3 Å². The zero-order valence-corrected chi connectivity index (χ0v) is 12.2. The van der Waals surface area contributed by atoms with Gasteiger partial charge < -0.3 is 0 Å². The number of Topliss-reactive ketones (excluding diaryl/α,β-unsaturated/α-hetero) is 1. The molecule has 20 heavy (non-hydrogen) atoms. The fourth-order valence-corrected chi connectivity index (χ4v) is 3.01. The zero-order valence-electron chi connectivity index (χ0n) is 10.6. The Morgan fingerprint density at radius 2 is 2.10 bits per heavy atom. The van der Waals surface area contributed by atoms with Gasteiger partial charge in [0.25, 0.3) is 5.69 Å². The molecule has 0 atom stereocenters. The third-order valence-corrected chi connectivity index (χ3v) is 4.36. The molecule has 0 saturated heterocycles. The van der Waals surface area contributed by atoms with Gasteiger partial charge in [0.2, 0.25) is 0 Å². The topological polar surface area (TPSA) is 86.0 Å². The molecule has 1 aromatic carbocycles. The lowest BCUT2D eigenvalue weighted by atomic mass is 10.1. The van der Waals surface area contributed by atoms with Gasteiger partial charge in [0.1, 0.15) is 5.82 Å². The Hall–Kier alpha value is -1.80. The average Bonchev–Trinajstić information content (AvgIpc) is 2.93. The molecule has 1 heterocycles. The second kappa shape index (κ2) is 6.58. The maximum absolute atomic E-state index is 11.9. The van der Waals surface area contributed by atoms with Crippen molar-refractivity contribution in [1.29, 1.82) is 0 Å². The van der Waals surface area contributed by atoms with Crippen LogP contribution in [0.2, 0.25) is 0 Å². The lowest BCUT2D eigenvalue weighted by molar-refractivity contribution is -0.384. The van der Waals surface area contributed by atoms with Gasteiger partial charge in [-0.15, -0.1) is 0 Å². The van der Waals surface area contributed by atoms with Crippen LogP contribution in [0.4, 0.5) is 5.69 Å². The summed E-state index contributed by atoms with van der Waals surface area (Å²) in [5, 5.41) is 10.5. The number of ketones is 1. The molecule has 0 unspecified atom stereocenters. The second-order valence-electron chi connectivity index (χ2n) is 3.85. The highest BCUT2D eigenvalue weighted by Crippen LogP contribution is 2.22. The molecule has 0 aliphatic heterocycles. The van der Waals surface area contributed by atoms with Gasteiger partial charge in [-0.1, -0.05) is 18.7 Å². The lowest BCUT2D eigenvalue weighted by Gasteiger charge is -1.99. The van der Waals surface area contributed by atoms with Crippen molar-refractivity contribution in [3.05, 3.63) is 45.8 Å². The maximum Gasteiger partial charge on any atom is 0.269 e. The van der Waals surface area contributed by atoms with Crippen LogP contribution in [-0.2, 0) is 6.42 Å². The lowest BCUT2D eigenvalue weighted by Crippen LogP contribution is -2.02. The predicted molar refractivity (Wildman–Crippen MR) is 77.4 cm³/mol. The summed E-state index contributed by atoms with van der Waals surface area (Å²) in [6, 6.07) is 5.60. The number of hydrogen-bond donors (Lipinski definition) is 0. The van der Waals surface area contributed by atoms with Gasteiger partial charge in [-0.2, -0.15) is 4.37 Å². The Bertz CT molecular complexity index is 625. The van der Waals surface area contributed by atoms with E-state index in [0.717, 1.165) is 16.6 Å². The molecule has 2 aromatic rings. The van der Waals surface area contributed by atoms with Crippen molar-refractivity contribution in [2.75, 3.05) is 5.75 Å². The summed E-state index contributed by atoms with van der Waals surface area (Å²) in [5.74, 6) is 0.939. The largest absolute Gasteiger partial charge is 0.293 e. The summed E-state index contributed by atoms with van der Waals surface area (Å²) < 4.78 is 4.90. The van der Waals surface area contributed by atoms with Crippen molar-refractivity contribution in [3.8, 4) is 0 Å². The van der Waals surface area contributed by atoms with E-state index < -0.39 is 4.92 Å². The van der Waals surface area contributed by atoms with Crippen LogP contribution < -0.4 is 0 Å². The number of rotatable bonds is 6. The number of aromatic nitrogens is 2. The Balaban J connectivity index is 1.96. The molecule has 0 amide bonds. The molecule has 0 bridgehead atoms. The molecule has 2 rings (SSSR count). The number of benzene rings is 1. The van der Waals surface area contributed by atoms with Gasteiger partial charge in [-0.05, 0) is 23.7 Å². The van der Waals surface area contributed by atoms with Gasteiger partial charge >= 0.3 is 0 Å². The molecule has 6 nitrogen and oxygen atoms in total. The summed E-state index contributed by atoms with van der Waals surface area (Å²) in [4.78, 5) is 26.2.